The summed E-state index contributed by atoms with van der Waals surface area (Å²) in [4.78, 5) is 11.6. The summed E-state index contributed by atoms with van der Waals surface area (Å²) in [6, 6.07) is 9.89. The molecule has 144 valence electrons. The van der Waals surface area contributed by atoms with Gasteiger partial charge in [-0.25, -0.2) is 4.57 Å². The number of ether oxygens (including phenoxy) is 2. The maximum atomic E-state index is 11.6. The smallest absolute Gasteiger partial charge is 0.220 e. The van der Waals surface area contributed by atoms with Crippen molar-refractivity contribution in [2.75, 3.05) is 26.5 Å². The second kappa shape index (κ2) is 11.3. The van der Waals surface area contributed by atoms with E-state index in [-0.39, 0.29) is 5.91 Å². The van der Waals surface area contributed by atoms with E-state index in [4.69, 9.17) is 9.47 Å². The maximum Gasteiger partial charge on any atom is 0.220 e. The van der Waals surface area contributed by atoms with Crippen LogP contribution in [0.3, 0.4) is 0 Å². The highest BCUT2D eigenvalue weighted by Crippen LogP contribution is 2.31. The third-order valence-electron chi connectivity index (χ3n) is 4.06. The molecule has 2 aromatic rings. The van der Waals surface area contributed by atoms with Crippen molar-refractivity contribution in [3.8, 4) is 11.5 Å². The minimum Gasteiger partial charge on any atom is -0.493 e. The van der Waals surface area contributed by atoms with Crippen LogP contribution in [-0.2, 0) is 11.3 Å². The Morgan fingerprint density at radius 1 is 1.15 bits per heavy atom. The van der Waals surface area contributed by atoms with Gasteiger partial charge in [0.25, 0.3) is 0 Å². The van der Waals surface area contributed by atoms with E-state index < -0.39 is 0 Å². The van der Waals surface area contributed by atoms with Gasteiger partial charge in [-0.05, 0) is 11.6 Å². The molecule has 0 aliphatic carbocycles. The Kier molecular flexibility index (Phi) is 8.71. The predicted molar refractivity (Wildman–Crippen MR) is 111 cm³/mol. The van der Waals surface area contributed by atoms with Crippen LogP contribution in [0, 0.1) is 0 Å². The summed E-state index contributed by atoms with van der Waals surface area (Å²) in [7, 11) is 3.27. The average molecular weight is 388 g/mol. The fraction of sp³-hybridized carbons (Fsp3) is 0.333. The first-order valence-electron chi connectivity index (χ1n) is 8.93. The number of amides is 1. The van der Waals surface area contributed by atoms with Crippen molar-refractivity contribution in [3.05, 3.63) is 53.9 Å². The molecule has 27 heavy (non-hydrogen) atoms. The number of thiol groups is 1. The van der Waals surface area contributed by atoms with E-state index in [1.807, 2.05) is 54.9 Å². The molecule has 0 fully saturated rings. The zero-order chi connectivity index (χ0) is 19.5. The van der Waals surface area contributed by atoms with Crippen LogP contribution in [0.1, 0.15) is 24.0 Å². The number of nitrogens with zero attached hydrogens (tertiary/aromatic N) is 1. The first-order chi connectivity index (χ1) is 13.2. The molecule has 0 saturated heterocycles. The molecule has 1 heterocycles. The van der Waals surface area contributed by atoms with E-state index in [1.165, 1.54) is 0 Å². The summed E-state index contributed by atoms with van der Waals surface area (Å²) in [5, 5.41) is 2.82. The van der Waals surface area contributed by atoms with Crippen LogP contribution in [0.4, 0.5) is 0 Å². The van der Waals surface area contributed by atoms with Crippen LogP contribution in [-0.4, -0.2) is 32.4 Å². The van der Waals surface area contributed by atoms with Crippen LogP contribution in [0.5, 0.6) is 11.5 Å². The number of carbonyl (C=O) groups excluding carboxylic acids is 1. The Labute approximate surface area is 166 Å². The van der Waals surface area contributed by atoms with Crippen LogP contribution in [0.2, 0.25) is 0 Å². The monoisotopic (exact) mass is 387 g/mol. The molecule has 0 bridgehead atoms. The molecule has 0 aliphatic heterocycles. The largest absolute Gasteiger partial charge is 0.493 e. The summed E-state index contributed by atoms with van der Waals surface area (Å²) < 4.78 is 12.9. The SMILES string of the molecule is COc1cccc(/C=C/c2cc[n+](CCCC(=O)NCCS)cc2)c1OC. The Morgan fingerprint density at radius 2 is 1.93 bits per heavy atom. The number of aromatic nitrogens is 1. The molecule has 0 atom stereocenters. The third kappa shape index (κ3) is 6.64. The van der Waals surface area contributed by atoms with Crippen molar-refractivity contribution in [1.82, 2.24) is 5.32 Å². The van der Waals surface area contributed by atoms with Crippen molar-refractivity contribution in [2.24, 2.45) is 0 Å². The highest BCUT2D eigenvalue weighted by molar-refractivity contribution is 7.80. The van der Waals surface area contributed by atoms with Gasteiger partial charge in [0.2, 0.25) is 5.91 Å². The zero-order valence-electron chi connectivity index (χ0n) is 15.9. The summed E-state index contributed by atoms with van der Waals surface area (Å²) in [5.74, 6) is 2.18. The lowest BCUT2D eigenvalue weighted by atomic mass is 10.1. The molecule has 5 nitrogen and oxygen atoms in total. The van der Waals surface area contributed by atoms with Crippen LogP contribution in [0.25, 0.3) is 12.2 Å². The predicted octanol–water partition coefficient (Wildman–Crippen LogP) is 2.99. The molecule has 0 saturated carbocycles. The van der Waals surface area contributed by atoms with Crippen molar-refractivity contribution in [3.63, 3.8) is 0 Å². The lowest BCUT2D eigenvalue weighted by Crippen LogP contribution is -2.33. The topological polar surface area (TPSA) is 51.4 Å². The lowest BCUT2D eigenvalue weighted by Gasteiger charge is -2.09. The molecule has 2 rings (SSSR count). The molecule has 1 N–H and O–H groups in total. The Balaban J connectivity index is 1.92. The highest BCUT2D eigenvalue weighted by Gasteiger charge is 2.07. The van der Waals surface area contributed by atoms with E-state index in [2.05, 4.69) is 22.5 Å². The molecule has 0 radical (unpaired) electrons. The van der Waals surface area contributed by atoms with Crippen molar-refractivity contribution < 1.29 is 18.8 Å². The molecule has 0 spiro atoms. The second-order valence-electron chi connectivity index (χ2n) is 5.96. The molecular weight excluding hydrogens is 360 g/mol. The van der Waals surface area contributed by atoms with Crippen molar-refractivity contribution >= 4 is 30.7 Å². The highest BCUT2D eigenvalue weighted by atomic mass is 32.1. The fourth-order valence-electron chi connectivity index (χ4n) is 2.66. The van der Waals surface area contributed by atoms with E-state index in [9.17, 15) is 4.79 Å². The Hall–Kier alpha value is -2.47. The number of rotatable bonds is 10. The summed E-state index contributed by atoms with van der Waals surface area (Å²) >= 11 is 4.08. The van der Waals surface area contributed by atoms with E-state index in [0.717, 1.165) is 29.8 Å². The van der Waals surface area contributed by atoms with E-state index >= 15 is 0 Å². The third-order valence-corrected chi connectivity index (χ3v) is 4.28. The standard InChI is InChI=1S/C21H26N2O3S/c1-25-19-6-3-5-18(21(19)26-2)9-8-17-10-14-23(15-11-17)13-4-7-20(24)22-12-16-27/h3,5-6,8-11,14-15H,4,7,12-13,16H2,1-2H3,(H-,22,24,27)/p+1/b9-8+. The van der Waals surface area contributed by atoms with Gasteiger partial charge in [0.05, 0.1) is 14.2 Å². The van der Waals surface area contributed by atoms with Gasteiger partial charge in [-0.3, -0.25) is 4.79 Å². The molecule has 1 amide bonds. The zero-order valence-corrected chi connectivity index (χ0v) is 16.7. The number of hydrogen-bond acceptors (Lipinski definition) is 4. The Morgan fingerprint density at radius 3 is 2.59 bits per heavy atom. The van der Waals surface area contributed by atoms with Gasteiger partial charge >= 0.3 is 0 Å². The second-order valence-corrected chi connectivity index (χ2v) is 6.41. The molecule has 1 aromatic carbocycles. The quantitative estimate of drug-likeness (QED) is 0.487. The van der Waals surface area contributed by atoms with E-state index in [1.54, 1.807) is 14.2 Å². The number of pyridine rings is 1. The molecule has 6 heteroatoms. The van der Waals surface area contributed by atoms with Crippen molar-refractivity contribution in [1.29, 1.82) is 0 Å². The molecule has 0 aliphatic rings. The van der Waals surface area contributed by atoms with Gasteiger partial charge in [0.15, 0.2) is 23.9 Å². The average Bonchev–Trinajstić information content (AvgIpc) is 2.71. The fourth-order valence-corrected chi connectivity index (χ4v) is 2.78. The number of aryl methyl sites for hydroxylation is 1. The normalized spacial score (nSPS) is 10.8. The van der Waals surface area contributed by atoms with Gasteiger partial charge in [0.1, 0.15) is 6.54 Å². The van der Waals surface area contributed by atoms with Gasteiger partial charge < -0.3 is 14.8 Å². The van der Waals surface area contributed by atoms with Crippen LogP contribution < -0.4 is 19.4 Å². The van der Waals surface area contributed by atoms with Crippen molar-refractivity contribution in [2.45, 2.75) is 19.4 Å². The van der Waals surface area contributed by atoms with Gasteiger partial charge in [-0.2, -0.15) is 12.6 Å². The molecule has 0 unspecified atom stereocenters. The number of hydrogen-bond donors (Lipinski definition) is 2. The lowest BCUT2D eigenvalue weighted by molar-refractivity contribution is -0.697. The molecule has 1 aromatic heterocycles. The van der Waals surface area contributed by atoms with Gasteiger partial charge in [0, 0.05) is 42.8 Å². The number of para-hydroxylation sites is 1. The van der Waals surface area contributed by atoms with E-state index in [0.29, 0.717) is 24.5 Å². The first kappa shape index (κ1) is 20.8. The number of methoxy groups -OCH3 is 2. The summed E-state index contributed by atoms with van der Waals surface area (Å²) in [5.41, 5.74) is 2.04. The van der Waals surface area contributed by atoms with Gasteiger partial charge in [-0.1, -0.05) is 24.3 Å². The number of benzene rings is 1. The van der Waals surface area contributed by atoms with Crippen LogP contribution in [0.15, 0.2) is 42.7 Å². The molecular formula is C21H27N2O3S+. The first-order valence-corrected chi connectivity index (χ1v) is 9.57. The summed E-state index contributed by atoms with van der Waals surface area (Å²) in [6.07, 6.45) is 9.42. The summed E-state index contributed by atoms with van der Waals surface area (Å²) in [6.45, 7) is 1.43. The van der Waals surface area contributed by atoms with Gasteiger partial charge in [-0.15, -0.1) is 0 Å². The minimum atomic E-state index is 0.0800. The minimum absolute atomic E-state index is 0.0800. The Bertz CT molecular complexity index is 761. The number of carbonyl (C=O) groups is 1. The maximum absolute atomic E-state index is 11.6. The number of nitrogens with one attached hydrogen (secondary N) is 1. The van der Waals surface area contributed by atoms with Crippen LogP contribution >= 0.6 is 12.6 Å².